The molecular formula is C12H22N4O3S. The van der Waals surface area contributed by atoms with Gasteiger partial charge in [-0.2, -0.15) is 5.10 Å². The number of nitrogens with one attached hydrogen (secondary N) is 1. The summed E-state index contributed by atoms with van der Waals surface area (Å²) >= 11 is 0. The van der Waals surface area contributed by atoms with Gasteiger partial charge in [0.1, 0.15) is 4.90 Å². The normalized spacial score (nSPS) is 15.9. The van der Waals surface area contributed by atoms with E-state index in [0.29, 0.717) is 19.1 Å². The van der Waals surface area contributed by atoms with Gasteiger partial charge in [-0.15, -0.1) is 0 Å². The molecule has 0 radical (unpaired) electrons. The van der Waals surface area contributed by atoms with E-state index in [-0.39, 0.29) is 11.5 Å². The van der Waals surface area contributed by atoms with Crippen LogP contribution in [0, 0.1) is 0 Å². The summed E-state index contributed by atoms with van der Waals surface area (Å²) in [6.45, 7) is 4.39. The van der Waals surface area contributed by atoms with Crippen molar-refractivity contribution >= 4 is 10.0 Å². The fraction of sp³-hybridized carbons (Fsp3) is 0.750. The van der Waals surface area contributed by atoms with Gasteiger partial charge in [0.05, 0.1) is 19.3 Å². The number of hydrogen-bond donors (Lipinski definition) is 2. The highest BCUT2D eigenvalue weighted by Crippen LogP contribution is 2.25. The quantitative estimate of drug-likeness (QED) is 0.650. The Labute approximate surface area is 119 Å². The lowest BCUT2D eigenvalue weighted by Gasteiger charge is -2.19. The molecule has 1 saturated carbocycles. The molecular weight excluding hydrogens is 280 g/mol. The third-order valence-corrected chi connectivity index (χ3v) is 4.83. The fourth-order valence-electron chi connectivity index (χ4n) is 2.15. The largest absolute Gasteiger partial charge is 0.394 e. The van der Waals surface area contributed by atoms with Gasteiger partial charge < -0.3 is 5.11 Å². The van der Waals surface area contributed by atoms with E-state index in [1.165, 1.54) is 29.9 Å². The van der Waals surface area contributed by atoms with Crippen LogP contribution in [0.4, 0.5) is 0 Å². The minimum absolute atomic E-state index is 0.0680. The first-order chi connectivity index (χ1) is 9.56. The second-order valence-electron chi connectivity index (χ2n) is 4.92. The van der Waals surface area contributed by atoms with E-state index in [9.17, 15) is 8.42 Å². The molecule has 2 N–H and O–H groups in total. The lowest BCUT2D eigenvalue weighted by atomic mass is 10.4. The van der Waals surface area contributed by atoms with Crippen LogP contribution in [0.3, 0.4) is 0 Å². The predicted octanol–water partition coefficient (Wildman–Crippen LogP) is -0.362. The van der Waals surface area contributed by atoms with Gasteiger partial charge in [0.25, 0.3) is 0 Å². The number of aliphatic hydroxyl groups excluding tert-OH is 1. The molecule has 0 spiro atoms. The van der Waals surface area contributed by atoms with Crippen molar-refractivity contribution in [1.29, 1.82) is 0 Å². The third kappa shape index (κ3) is 4.02. The van der Waals surface area contributed by atoms with Crippen LogP contribution >= 0.6 is 0 Å². The second-order valence-corrected chi connectivity index (χ2v) is 6.69. The number of aliphatic hydroxyl groups is 1. The van der Waals surface area contributed by atoms with Gasteiger partial charge in [0.2, 0.25) is 10.0 Å². The monoisotopic (exact) mass is 302 g/mol. The third-order valence-electron chi connectivity index (χ3n) is 3.41. The Morgan fingerprint density at radius 2 is 2.30 bits per heavy atom. The van der Waals surface area contributed by atoms with Crippen LogP contribution in [0.5, 0.6) is 0 Å². The highest BCUT2D eigenvalue weighted by molar-refractivity contribution is 7.89. The topological polar surface area (TPSA) is 87.5 Å². The first-order valence-corrected chi connectivity index (χ1v) is 8.42. The zero-order valence-corrected chi connectivity index (χ0v) is 12.5. The first kappa shape index (κ1) is 15.4. The summed E-state index contributed by atoms with van der Waals surface area (Å²) in [5.41, 5.74) is 0. The SMILES string of the molecule is CCN(CCNS(=O)(=O)c1cnn(CCO)c1)C1CC1. The minimum atomic E-state index is -3.51. The van der Waals surface area contributed by atoms with Crippen LogP contribution in [0.1, 0.15) is 19.8 Å². The van der Waals surface area contributed by atoms with E-state index < -0.39 is 10.0 Å². The molecule has 0 aromatic carbocycles. The van der Waals surface area contributed by atoms with Gasteiger partial charge >= 0.3 is 0 Å². The fourth-order valence-corrected chi connectivity index (χ4v) is 3.13. The van der Waals surface area contributed by atoms with Gasteiger partial charge in [0.15, 0.2) is 0 Å². The highest BCUT2D eigenvalue weighted by atomic mass is 32.2. The van der Waals surface area contributed by atoms with Gasteiger partial charge in [-0.05, 0) is 19.4 Å². The number of sulfonamides is 1. The average Bonchev–Trinajstić information content (AvgIpc) is 3.14. The zero-order chi connectivity index (χ0) is 14.6. The second kappa shape index (κ2) is 6.66. The smallest absolute Gasteiger partial charge is 0.243 e. The molecule has 8 heteroatoms. The minimum Gasteiger partial charge on any atom is -0.394 e. The summed E-state index contributed by atoms with van der Waals surface area (Å²) < 4.78 is 28.1. The van der Waals surface area contributed by atoms with Crippen LogP contribution < -0.4 is 4.72 Å². The van der Waals surface area contributed by atoms with E-state index in [0.717, 1.165) is 13.1 Å². The maximum absolute atomic E-state index is 12.1. The lowest BCUT2D eigenvalue weighted by molar-refractivity contribution is 0.269. The Morgan fingerprint density at radius 1 is 1.55 bits per heavy atom. The molecule has 20 heavy (non-hydrogen) atoms. The number of likely N-dealkylation sites (N-methyl/N-ethyl adjacent to an activating group) is 1. The van der Waals surface area contributed by atoms with Crippen LogP contribution in [0.2, 0.25) is 0 Å². The molecule has 0 aliphatic heterocycles. The standard InChI is InChI=1S/C12H22N4O3S/c1-2-15(11-3-4-11)6-5-14-20(18,19)12-9-13-16(10-12)7-8-17/h9-11,14,17H,2-8H2,1H3. The molecule has 0 atom stereocenters. The molecule has 1 aliphatic carbocycles. The van der Waals surface area contributed by atoms with Crippen molar-refractivity contribution in [2.45, 2.75) is 37.2 Å². The summed E-state index contributed by atoms with van der Waals surface area (Å²) in [6.07, 6.45) is 5.16. The molecule has 1 aromatic heterocycles. The molecule has 1 fully saturated rings. The molecule has 1 aromatic rings. The summed E-state index contributed by atoms with van der Waals surface area (Å²) in [6, 6.07) is 0.636. The molecule has 0 bridgehead atoms. The molecule has 114 valence electrons. The highest BCUT2D eigenvalue weighted by Gasteiger charge is 2.27. The van der Waals surface area contributed by atoms with E-state index in [1.807, 2.05) is 0 Å². The number of rotatable bonds is 9. The predicted molar refractivity (Wildman–Crippen MR) is 74.8 cm³/mol. The molecule has 1 heterocycles. The Kier molecular flexibility index (Phi) is 5.14. The van der Waals surface area contributed by atoms with Crippen LogP contribution in [0.15, 0.2) is 17.3 Å². The molecule has 0 amide bonds. The molecule has 0 saturated heterocycles. The number of hydrogen-bond acceptors (Lipinski definition) is 5. The Hall–Kier alpha value is -0.960. The van der Waals surface area contributed by atoms with Crippen molar-refractivity contribution in [3.05, 3.63) is 12.4 Å². The van der Waals surface area contributed by atoms with Crippen LogP contribution in [0.25, 0.3) is 0 Å². The molecule has 0 unspecified atom stereocenters. The van der Waals surface area contributed by atoms with E-state index in [1.54, 1.807) is 0 Å². The van der Waals surface area contributed by atoms with Crippen molar-refractivity contribution in [2.24, 2.45) is 0 Å². The van der Waals surface area contributed by atoms with Gasteiger partial charge in [-0.1, -0.05) is 6.92 Å². The first-order valence-electron chi connectivity index (χ1n) is 6.94. The number of aromatic nitrogens is 2. The van der Waals surface area contributed by atoms with Crippen LogP contribution in [-0.2, 0) is 16.6 Å². The summed E-state index contributed by atoms with van der Waals surface area (Å²) in [7, 11) is -3.51. The van der Waals surface area contributed by atoms with Gasteiger partial charge in [0, 0.05) is 25.3 Å². The summed E-state index contributed by atoms with van der Waals surface area (Å²) in [5, 5.41) is 12.7. The maximum Gasteiger partial charge on any atom is 0.243 e. The molecule has 7 nitrogen and oxygen atoms in total. The van der Waals surface area contributed by atoms with E-state index in [2.05, 4.69) is 21.6 Å². The summed E-state index contributed by atoms with van der Waals surface area (Å²) in [4.78, 5) is 2.43. The van der Waals surface area contributed by atoms with Gasteiger partial charge in [-0.25, -0.2) is 13.1 Å². The van der Waals surface area contributed by atoms with Gasteiger partial charge in [-0.3, -0.25) is 9.58 Å². The molecule has 1 aliphatic rings. The Balaban J connectivity index is 1.86. The molecule has 2 rings (SSSR count). The van der Waals surface area contributed by atoms with Crippen molar-refractivity contribution < 1.29 is 13.5 Å². The van der Waals surface area contributed by atoms with E-state index >= 15 is 0 Å². The summed E-state index contributed by atoms with van der Waals surface area (Å²) in [5.74, 6) is 0. The van der Waals surface area contributed by atoms with Crippen molar-refractivity contribution in [1.82, 2.24) is 19.4 Å². The average molecular weight is 302 g/mol. The maximum atomic E-state index is 12.1. The van der Waals surface area contributed by atoms with Crippen molar-refractivity contribution in [3.63, 3.8) is 0 Å². The lowest BCUT2D eigenvalue weighted by Crippen LogP contribution is -2.36. The van der Waals surface area contributed by atoms with Crippen molar-refractivity contribution in [3.8, 4) is 0 Å². The number of nitrogens with zero attached hydrogens (tertiary/aromatic N) is 3. The van der Waals surface area contributed by atoms with Crippen molar-refractivity contribution in [2.75, 3.05) is 26.2 Å². The van der Waals surface area contributed by atoms with Crippen LogP contribution in [-0.4, -0.2) is 60.5 Å². The Bertz CT molecular complexity index is 525. The van der Waals surface area contributed by atoms with E-state index in [4.69, 9.17) is 5.11 Å². The Morgan fingerprint density at radius 3 is 2.90 bits per heavy atom. The zero-order valence-electron chi connectivity index (χ0n) is 11.7.